The summed E-state index contributed by atoms with van der Waals surface area (Å²) in [6.07, 6.45) is -0.439. The minimum absolute atomic E-state index is 0.00416. The lowest BCUT2D eigenvalue weighted by molar-refractivity contribution is 0.0392. The number of likely N-dealkylation sites (tertiary alicyclic amines) is 1. The Balaban J connectivity index is 1.35. The van der Waals surface area contributed by atoms with Crippen molar-refractivity contribution in [3.8, 4) is 0 Å². The number of hydrogen-bond donors (Lipinski definition) is 0. The largest absolute Gasteiger partial charge is 0.445 e. The van der Waals surface area contributed by atoms with Gasteiger partial charge in [-0.1, -0.05) is 48.5 Å². The predicted molar refractivity (Wildman–Crippen MR) is 138 cm³/mol. The van der Waals surface area contributed by atoms with E-state index in [1.165, 1.54) is 42.7 Å². The van der Waals surface area contributed by atoms with Crippen molar-refractivity contribution in [1.29, 1.82) is 0 Å². The van der Waals surface area contributed by atoms with Gasteiger partial charge in [-0.3, -0.25) is 4.31 Å². The van der Waals surface area contributed by atoms with Crippen LogP contribution in [-0.2, 0) is 36.8 Å². The molecule has 0 unspecified atom stereocenters. The van der Waals surface area contributed by atoms with E-state index >= 15 is 0 Å². The molecule has 5 rings (SSSR count). The van der Waals surface area contributed by atoms with Gasteiger partial charge in [-0.05, 0) is 41.5 Å². The number of nitrogens with zero attached hydrogens (tertiary/aromatic N) is 3. The van der Waals surface area contributed by atoms with Gasteiger partial charge in [-0.2, -0.15) is 0 Å². The van der Waals surface area contributed by atoms with E-state index in [4.69, 9.17) is 4.74 Å². The predicted octanol–water partition coefficient (Wildman–Crippen LogP) is 3.04. The van der Waals surface area contributed by atoms with Crippen molar-refractivity contribution in [3.63, 3.8) is 0 Å². The minimum Gasteiger partial charge on any atom is -0.445 e. The van der Waals surface area contributed by atoms with Crippen LogP contribution < -0.4 is 4.31 Å². The van der Waals surface area contributed by atoms with Crippen molar-refractivity contribution in [1.82, 2.24) is 9.21 Å². The zero-order valence-electron chi connectivity index (χ0n) is 20.4. The molecule has 0 aromatic heterocycles. The molecule has 0 N–H and O–H groups in total. The van der Waals surface area contributed by atoms with Gasteiger partial charge in [0.25, 0.3) is 10.0 Å². The van der Waals surface area contributed by atoms with Gasteiger partial charge < -0.3 is 9.64 Å². The highest BCUT2D eigenvalue weighted by atomic mass is 32.2. The smallest absolute Gasteiger partial charge is 0.410 e. The first-order valence-corrected chi connectivity index (χ1v) is 14.5. The van der Waals surface area contributed by atoms with Gasteiger partial charge in [0, 0.05) is 33.7 Å². The normalized spacial score (nSPS) is 16.5. The van der Waals surface area contributed by atoms with Crippen molar-refractivity contribution in [2.24, 2.45) is 0 Å². The number of fused-ring (bicyclic) bond motifs is 2. The number of amides is 1. The third-order valence-corrected chi connectivity index (χ3v) is 10.4. The third-order valence-electron chi connectivity index (χ3n) is 6.83. The summed E-state index contributed by atoms with van der Waals surface area (Å²) in [6, 6.07) is 21.9. The van der Waals surface area contributed by atoms with Gasteiger partial charge in [-0.15, -0.1) is 0 Å². The van der Waals surface area contributed by atoms with E-state index in [-0.39, 0.29) is 22.9 Å². The molecule has 11 heteroatoms. The van der Waals surface area contributed by atoms with Gasteiger partial charge >= 0.3 is 6.09 Å². The molecule has 3 aromatic carbocycles. The topological polar surface area (TPSA) is 104 Å². The monoisotopic (exact) mass is 541 g/mol. The maximum Gasteiger partial charge on any atom is 0.410 e. The molecule has 1 amide bonds. The molecule has 0 radical (unpaired) electrons. The van der Waals surface area contributed by atoms with E-state index in [0.717, 1.165) is 15.4 Å². The lowest BCUT2D eigenvalue weighted by atomic mass is 9.75. The van der Waals surface area contributed by atoms with Crippen LogP contribution in [0.3, 0.4) is 0 Å². The maximum atomic E-state index is 13.7. The first-order valence-electron chi connectivity index (χ1n) is 11.7. The Labute approximate surface area is 217 Å². The zero-order valence-corrected chi connectivity index (χ0v) is 22.1. The Morgan fingerprint density at radius 1 is 0.838 bits per heavy atom. The van der Waals surface area contributed by atoms with Crippen molar-refractivity contribution >= 4 is 31.8 Å². The molecule has 0 saturated carbocycles. The standard InChI is InChI=1S/C26H27N3O6S2/c1-27(2)36(31,32)21-12-14-22(15-13-21)37(33,34)29-19-26(23-10-6-7-11-24(23)29)17-28(18-26)25(30)35-16-20-8-4-3-5-9-20/h3-15H,16-19H2,1-2H3. The van der Waals surface area contributed by atoms with E-state index in [2.05, 4.69) is 0 Å². The fourth-order valence-electron chi connectivity index (χ4n) is 4.82. The Hall–Kier alpha value is -3.41. The summed E-state index contributed by atoms with van der Waals surface area (Å²) < 4.78 is 59.9. The van der Waals surface area contributed by atoms with Crippen LogP contribution in [0, 0.1) is 0 Å². The van der Waals surface area contributed by atoms with Gasteiger partial charge in [0.05, 0.1) is 20.9 Å². The SMILES string of the molecule is CN(C)S(=O)(=O)c1ccc(S(=O)(=O)N2CC3(CN(C(=O)OCc4ccccc4)C3)c3ccccc32)cc1. The molecule has 0 atom stereocenters. The quantitative estimate of drug-likeness (QED) is 0.475. The molecule has 194 valence electrons. The van der Waals surface area contributed by atoms with E-state index in [0.29, 0.717) is 18.8 Å². The average molecular weight is 542 g/mol. The van der Waals surface area contributed by atoms with Crippen molar-refractivity contribution in [2.45, 2.75) is 21.8 Å². The molecule has 2 aliphatic rings. The Bertz CT molecular complexity index is 1530. The second-order valence-corrected chi connectivity index (χ2v) is 13.5. The molecule has 3 aromatic rings. The Kier molecular flexibility index (Phi) is 6.25. The number of sulfonamides is 2. The van der Waals surface area contributed by atoms with Crippen LogP contribution in [-0.4, -0.2) is 65.9 Å². The zero-order chi connectivity index (χ0) is 26.4. The summed E-state index contributed by atoms with van der Waals surface area (Å²) >= 11 is 0. The van der Waals surface area contributed by atoms with Crippen LogP contribution in [0.25, 0.3) is 0 Å². The lowest BCUT2D eigenvalue weighted by Crippen LogP contribution is -2.63. The van der Waals surface area contributed by atoms with Crippen LogP contribution in [0.15, 0.2) is 88.7 Å². The molecule has 37 heavy (non-hydrogen) atoms. The summed E-state index contributed by atoms with van der Waals surface area (Å²) in [5.41, 5.74) is 1.77. The van der Waals surface area contributed by atoms with E-state index < -0.39 is 31.6 Å². The molecular formula is C26H27N3O6S2. The number of rotatable bonds is 6. The summed E-state index contributed by atoms with van der Waals surface area (Å²) in [4.78, 5) is 14.2. The number of carbonyl (C=O) groups is 1. The van der Waals surface area contributed by atoms with Crippen LogP contribution in [0.1, 0.15) is 11.1 Å². The highest BCUT2D eigenvalue weighted by molar-refractivity contribution is 7.93. The first-order chi connectivity index (χ1) is 17.5. The van der Waals surface area contributed by atoms with Crippen molar-refractivity contribution in [2.75, 3.05) is 38.0 Å². The van der Waals surface area contributed by atoms with Gasteiger partial charge in [-0.25, -0.2) is 25.9 Å². The van der Waals surface area contributed by atoms with E-state index in [9.17, 15) is 21.6 Å². The van der Waals surface area contributed by atoms with Crippen LogP contribution in [0.2, 0.25) is 0 Å². The molecule has 2 heterocycles. The number of carbonyl (C=O) groups excluding carboxylic acids is 1. The van der Waals surface area contributed by atoms with Crippen molar-refractivity contribution in [3.05, 3.63) is 90.0 Å². The first kappa shape index (κ1) is 25.2. The molecule has 1 saturated heterocycles. The van der Waals surface area contributed by atoms with Crippen molar-refractivity contribution < 1.29 is 26.4 Å². The van der Waals surface area contributed by atoms with E-state index in [1.807, 2.05) is 42.5 Å². The Morgan fingerprint density at radius 2 is 1.43 bits per heavy atom. The van der Waals surface area contributed by atoms with E-state index in [1.54, 1.807) is 17.0 Å². The number of para-hydroxylation sites is 1. The highest BCUT2D eigenvalue weighted by Gasteiger charge is 2.55. The van der Waals surface area contributed by atoms with Gasteiger partial charge in [0.15, 0.2) is 0 Å². The fraction of sp³-hybridized carbons (Fsp3) is 0.269. The van der Waals surface area contributed by atoms with Crippen LogP contribution in [0.5, 0.6) is 0 Å². The minimum atomic E-state index is -3.98. The summed E-state index contributed by atoms with van der Waals surface area (Å²) in [5.74, 6) is 0. The second-order valence-electron chi connectivity index (χ2n) is 9.46. The highest BCUT2D eigenvalue weighted by Crippen LogP contribution is 2.48. The second kappa shape index (κ2) is 9.16. The van der Waals surface area contributed by atoms with Crippen LogP contribution >= 0.6 is 0 Å². The summed E-state index contributed by atoms with van der Waals surface area (Å²) in [7, 11) is -4.82. The fourth-order valence-corrected chi connectivity index (χ4v) is 7.29. The molecule has 0 bridgehead atoms. The van der Waals surface area contributed by atoms with Crippen LogP contribution in [0.4, 0.5) is 10.5 Å². The third kappa shape index (κ3) is 4.36. The number of hydrogen-bond acceptors (Lipinski definition) is 6. The van der Waals surface area contributed by atoms with Gasteiger partial charge in [0.2, 0.25) is 10.0 Å². The molecule has 2 aliphatic heterocycles. The molecular weight excluding hydrogens is 514 g/mol. The average Bonchev–Trinajstić information content (AvgIpc) is 3.24. The number of benzene rings is 3. The number of anilines is 1. The molecule has 1 fully saturated rings. The molecule has 9 nitrogen and oxygen atoms in total. The lowest BCUT2D eigenvalue weighted by Gasteiger charge is -2.47. The summed E-state index contributed by atoms with van der Waals surface area (Å²) in [5, 5.41) is 0. The molecule has 0 aliphatic carbocycles. The van der Waals surface area contributed by atoms with Gasteiger partial charge in [0.1, 0.15) is 6.61 Å². The molecule has 1 spiro atoms. The number of ether oxygens (including phenoxy) is 1. The summed E-state index contributed by atoms with van der Waals surface area (Å²) in [6.45, 7) is 1.02. The Morgan fingerprint density at radius 3 is 2.08 bits per heavy atom. The maximum absolute atomic E-state index is 13.7.